The molecule has 1 fully saturated rings. The van der Waals surface area contributed by atoms with Crippen LogP contribution in [0.4, 0.5) is 5.82 Å². The average molecular weight is 473 g/mol. The van der Waals surface area contributed by atoms with Crippen LogP contribution in [0.25, 0.3) is 32.2 Å². The quantitative estimate of drug-likeness (QED) is 0.437. The van der Waals surface area contributed by atoms with E-state index in [-0.39, 0.29) is 5.91 Å². The van der Waals surface area contributed by atoms with E-state index in [1.165, 1.54) is 10.4 Å². The first-order chi connectivity index (χ1) is 16.7. The van der Waals surface area contributed by atoms with Gasteiger partial charge in [-0.1, -0.05) is 43.3 Å². The monoisotopic (exact) mass is 472 g/mol. The Hall–Kier alpha value is -3.36. The standard InChI is InChI=1S/C26H28N6OS/c1-2-11-28-23(33)18-31-13-15-32(16-14-31)25-20-17-22(19-8-4-3-5-9-19)34-26(20)30-24(29-25)21-10-6-7-12-27-21/h3-10,12,17H,2,11,13-16,18H2,1H3,(H,28,33). The fourth-order valence-electron chi connectivity index (χ4n) is 4.14. The third-order valence-corrected chi connectivity index (χ3v) is 7.01. The van der Waals surface area contributed by atoms with Crippen molar-refractivity contribution in [2.24, 2.45) is 0 Å². The lowest BCUT2D eigenvalue weighted by Crippen LogP contribution is -2.49. The number of nitrogens with one attached hydrogen (secondary N) is 1. The number of amides is 1. The molecule has 4 heterocycles. The molecule has 1 amide bonds. The molecule has 8 heteroatoms. The van der Waals surface area contributed by atoms with E-state index in [2.05, 4.69) is 57.4 Å². The highest BCUT2D eigenvalue weighted by Crippen LogP contribution is 2.37. The van der Waals surface area contributed by atoms with Crippen LogP contribution in [0, 0.1) is 0 Å². The Kier molecular flexibility index (Phi) is 6.78. The Morgan fingerprint density at radius 2 is 1.82 bits per heavy atom. The molecule has 1 aromatic carbocycles. The minimum absolute atomic E-state index is 0.0995. The largest absolute Gasteiger partial charge is 0.355 e. The Morgan fingerprint density at radius 3 is 2.56 bits per heavy atom. The van der Waals surface area contributed by atoms with Crippen molar-refractivity contribution in [3.63, 3.8) is 0 Å². The maximum atomic E-state index is 12.1. The molecule has 4 aromatic rings. The van der Waals surface area contributed by atoms with Gasteiger partial charge in [-0.25, -0.2) is 9.97 Å². The lowest BCUT2D eigenvalue weighted by Gasteiger charge is -2.35. The zero-order valence-corrected chi connectivity index (χ0v) is 20.1. The van der Waals surface area contributed by atoms with Gasteiger partial charge in [0.25, 0.3) is 0 Å². The molecule has 0 radical (unpaired) electrons. The van der Waals surface area contributed by atoms with Crippen molar-refractivity contribution in [2.45, 2.75) is 13.3 Å². The number of benzene rings is 1. The Labute approximate surface area is 203 Å². The normalized spacial score (nSPS) is 14.4. The van der Waals surface area contributed by atoms with E-state index < -0.39 is 0 Å². The Bertz CT molecular complexity index is 1250. The van der Waals surface area contributed by atoms with Crippen LogP contribution in [0.1, 0.15) is 13.3 Å². The van der Waals surface area contributed by atoms with Gasteiger partial charge in [-0.05, 0) is 30.2 Å². The molecular weight excluding hydrogens is 444 g/mol. The van der Waals surface area contributed by atoms with Crippen molar-refractivity contribution in [2.75, 3.05) is 44.2 Å². The van der Waals surface area contributed by atoms with Crippen molar-refractivity contribution < 1.29 is 4.79 Å². The molecule has 5 rings (SSSR count). The number of pyridine rings is 1. The van der Waals surface area contributed by atoms with E-state index >= 15 is 0 Å². The summed E-state index contributed by atoms with van der Waals surface area (Å²) in [6.45, 7) is 6.50. The summed E-state index contributed by atoms with van der Waals surface area (Å²) in [7, 11) is 0. The molecule has 1 saturated heterocycles. The van der Waals surface area contributed by atoms with Crippen molar-refractivity contribution in [3.8, 4) is 22.0 Å². The SMILES string of the molecule is CCCNC(=O)CN1CCN(c2nc(-c3ccccn3)nc3sc(-c4ccccc4)cc23)CC1. The second-order valence-corrected chi connectivity index (χ2v) is 9.43. The zero-order valence-electron chi connectivity index (χ0n) is 19.3. The molecule has 174 valence electrons. The summed E-state index contributed by atoms with van der Waals surface area (Å²) >= 11 is 1.69. The molecule has 0 bridgehead atoms. The summed E-state index contributed by atoms with van der Waals surface area (Å²) in [6.07, 6.45) is 2.72. The van der Waals surface area contributed by atoms with E-state index in [0.29, 0.717) is 12.4 Å². The van der Waals surface area contributed by atoms with Gasteiger partial charge in [0, 0.05) is 43.8 Å². The molecule has 34 heavy (non-hydrogen) atoms. The van der Waals surface area contributed by atoms with Gasteiger partial charge >= 0.3 is 0 Å². The van der Waals surface area contributed by atoms with Crippen molar-refractivity contribution in [3.05, 3.63) is 60.8 Å². The van der Waals surface area contributed by atoms with Gasteiger partial charge in [0.2, 0.25) is 5.91 Å². The van der Waals surface area contributed by atoms with Gasteiger partial charge in [0.1, 0.15) is 16.3 Å². The summed E-state index contributed by atoms with van der Waals surface area (Å²) in [5.41, 5.74) is 1.95. The maximum Gasteiger partial charge on any atom is 0.234 e. The minimum atomic E-state index is 0.0995. The Morgan fingerprint density at radius 1 is 1.03 bits per heavy atom. The van der Waals surface area contributed by atoms with Crippen molar-refractivity contribution in [1.82, 2.24) is 25.2 Å². The van der Waals surface area contributed by atoms with Crippen LogP contribution in [0.5, 0.6) is 0 Å². The van der Waals surface area contributed by atoms with Gasteiger partial charge in [0.15, 0.2) is 5.82 Å². The van der Waals surface area contributed by atoms with Crippen LogP contribution >= 0.6 is 11.3 Å². The van der Waals surface area contributed by atoms with Gasteiger partial charge in [0.05, 0.1) is 11.9 Å². The second kappa shape index (κ2) is 10.3. The van der Waals surface area contributed by atoms with Gasteiger partial charge in [-0.3, -0.25) is 14.7 Å². The third-order valence-electron chi connectivity index (χ3n) is 5.94. The number of fused-ring (bicyclic) bond motifs is 1. The summed E-state index contributed by atoms with van der Waals surface area (Å²) < 4.78 is 0. The highest BCUT2D eigenvalue weighted by molar-refractivity contribution is 7.22. The molecule has 1 N–H and O–H groups in total. The molecule has 0 unspecified atom stereocenters. The highest BCUT2D eigenvalue weighted by Gasteiger charge is 2.24. The van der Waals surface area contributed by atoms with Crippen LogP contribution in [-0.4, -0.2) is 65.0 Å². The first-order valence-corrected chi connectivity index (χ1v) is 12.6. The van der Waals surface area contributed by atoms with Crippen molar-refractivity contribution >= 4 is 33.3 Å². The Balaban J connectivity index is 1.45. The van der Waals surface area contributed by atoms with E-state index in [1.54, 1.807) is 17.5 Å². The van der Waals surface area contributed by atoms with Crippen LogP contribution < -0.4 is 10.2 Å². The number of carbonyl (C=O) groups is 1. The lowest BCUT2D eigenvalue weighted by molar-refractivity contribution is -0.122. The number of piperazine rings is 1. The highest BCUT2D eigenvalue weighted by atomic mass is 32.1. The van der Waals surface area contributed by atoms with E-state index in [4.69, 9.17) is 9.97 Å². The van der Waals surface area contributed by atoms with E-state index in [9.17, 15) is 4.79 Å². The van der Waals surface area contributed by atoms with Crippen LogP contribution in [0.2, 0.25) is 0 Å². The predicted octanol–water partition coefficient (Wildman–Crippen LogP) is 4.07. The zero-order chi connectivity index (χ0) is 23.3. The molecular formula is C26H28N6OS. The lowest BCUT2D eigenvalue weighted by atomic mass is 10.2. The fourth-order valence-corrected chi connectivity index (χ4v) is 5.17. The molecule has 3 aromatic heterocycles. The van der Waals surface area contributed by atoms with Crippen LogP contribution in [0.15, 0.2) is 60.8 Å². The third kappa shape index (κ3) is 4.93. The number of thiophene rings is 1. The van der Waals surface area contributed by atoms with Gasteiger partial charge in [-0.15, -0.1) is 11.3 Å². The van der Waals surface area contributed by atoms with Gasteiger partial charge in [-0.2, -0.15) is 0 Å². The number of aromatic nitrogens is 3. The number of hydrogen-bond acceptors (Lipinski definition) is 7. The van der Waals surface area contributed by atoms with Crippen LogP contribution in [-0.2, 0) is 4.79 Å². The van der Waals surface area contributed by atoms with Crippen molar-refractivity contribution in [1.29, 1.82) is 0 Å². The maximum absolute atomic E-state index is 12.1. The molecule has 1 aliphatic rings. The van der Waals surface area contributed by atoms with E-state index in [1.807, 2.05) is 24.3 Å². The summed E-state index contributed by atoms with van der Waals surface area (Å²) in [5.74, 6) is 1.69. The summed E-state index contributed by atoms with van der Waals surface area (Å²) in [4.78, 5) is 33.2. The summed E-state index contributed by atoms with van der Waals surface area (Å²) in [5, 5.41) is 4.04. The topological polar surface area (TPSA) is 74.2 Å². The molecule has 0 atom stereocenters. The smallest absolute Gasteiger partial charge is 0.234 e. The molecule has 0 saturated carbocycles. The molecule has 0 spiro atoms. The average Bonchev–Trinajstić information content (AvgIpc) is 3.33. The number of anilines is 1. The molecule has 7 nitrogen and oxygen atoms in total. The van der Waals surface area contributed by atoms with Gasteiger partial charge < -0.3 is 10.2 Å². The predicted molar refractivity (Wildman–Crippen MR) is 138 cm³/mol. The number of rotatable bonds is 7. The fraction of sp³-hybridized carbons (Fsp3) is 0.308. The minimum Gasteiger partial charge on any atom is -0.355 e. The number of hydrogen-bond donors (Lipinski definition) is 1. The number of nitrogens with zero attached hydrogens (tertiary/aromatic N) is 5. The second-order valence-electron chi connectivity index (χ2n) is 8.39. The molecule has 0 aliphatic carbocycles. The number of carbonyl (C=O) groups excluding carboxylic acids is 1. The van der Waals surface area contributed by atoms with Crippen LogP contribution in [0.3, 0.4) is 0 Å². The first-order valence-electron chi connectivity index (χ1n) is 11.7. The van der Waals surface area contributed by atoms with E-state index in [0.717, 1.165) is 60.9 Å². The first kappa shape index (κ1) is 22.4. The molecule has 1 aliphatic heterocycles. The summed E-state index contributed by atoms with van der Waals surface area (Å²) in [6, 6.07) is 18.4.